The Morgan fingerprint density at radius 2 is 1.68 bits per heavy atom. The lowest BCUT2D eigenvalue weighted by Gasteiger charge is -2.37. The molecule has 1 heterocycles. The van der Waals surface area contributed by atoms with Crippen LogP contribution in [-0.2, 0) is 19.2 Å². The van der Waals surface area contributed by atoms with Crippen LogP contribution >= 0.6 is 0 Å². The van der Waals surface area contributed by atoms with E-state index < -0.39 is 73.1 Å². The number of carbonyl (C=O) groups excluding carboxylic acids is 4. The fourth-order valence-corrected chi connectivity index (χ4v) is 4.62. The molecule has 1 saturated heterocycles. The van der Waals surface area contributed by atoms with E-state index in [4.69, 9.17) is 22.6 Å². The SMILES string of the molecule is CC(=O)C1(B(O)O)CC(F)(F)CN1C(=O)[C@H](CCCNC(=N)N)NC(=O)[C@H](CC(C)C)NC(=O)[C@@H](N)CCCN. The molecule has 4 atom stereocenters. The van der Waals surface area contributed by atoms with Crippen molar-refractivity contribution in [1.82, 2.24) is 20.9 Å². The van der Waals surface area contributed by atoms with Crippen LogP contribution in [0.3, 0.4) is 0 Å². The molecule has 1 aliphatic rings. The van der Waals surface area contributed by atoms with Gasteiger partial charge in [0.05, 0.1) is 12.6 Å². The lowest BCUT2D eigenvalue weighted by Crippen LogP contribution is -2.65. The van der Waals surface area contributed by atoms with Crippen LogP contribution in [0.25, 0.3) is 0 Å². The zero-order valence-electron chi connectivity index (χ0n) is 23.2. The maximum absolute atomic E-state index is 14.5. The fourth-order valence-electron chi connectivity index (χ4n) is 4.62. The number of Topliss-reactive ketones (excluding diaryl/α,β-unsaturated/α-hetero) is 1. The Kier molecular flexibility index (Phi) is 13.4. The smallest absolute Gasteiger partial charge is 0.425 e. The predicted molar refractivity (Wildman–Crippen MR) is 144 cm³/mol. The van der Waals surface area contributed by atoms with Crippen molar-refractivity contribution in [3.63, 3.8) is 0 Å². The third kappa shape index (κ3) is 9.64. The highest BCUT2D eigenvalue weighted by atomic mass is 19.3. The minimum atomic E-state index is -3.61. The average molecular weight is 576 g/mol. The fraction of sp³-hybridized carbons (Fsp3) is 0.783. The van der Waals surface area contributed by atoms with Gasteiger partial charge < -0.3 is 48.1 Å². The first-order valence-corrected chi connectivity index (χ1v) is 13.2. The molecule has 1 rings (SSSR count). The second-order valence-corrected chi connectivity index (χ2v) is 10.6. The molecule has 0 aromatic rings. The van der Waals surface area contributed by atoms with Gasteiger partial charge in [-0.25, -0.2) is 8.78 Å². The quantitative estimate of drug-likeness (QED) is 0.0406. The number of carbonyl (C=O) groups is 4. The van der Waals surface area contributed by atoms with Crippen LogP contribution in [-0.4, -0.2) is 101 Å². The molecule has 12 N–H and O–H groups in total. The predicted octanol–water partition coefficient (Wildman–Crippen LogP) is -2.46. The standard InChI is InChI=1S/C23H43BF2N8O6/c1-13(2)10-17(33-18(36)15(28)6-4-8-27)19(37)32-16(7-5-9-31-21(29)30)20(38)34-12-22(25,26)11-23(34,14(3)35)24(39)40/h13,15-17,39-40H,4-12,27-28H2,1-3H3,(H,32,37)(H,33,36)(H4,29,30,31)/t15-,16-,17-,23?/m0/s1. The molecule has 1 aliphatic heterocycles. The monoisotopic (exact) mass is 576 g/mol. The molecule has 0 saturated carbocycles. The second kappa shape index (κ2) is 15.2. The number of nitrogens with two attached hydrogens (primary N) is 3. The van der Waals surface area contributed by atoms with E-state index >= 15 is 0 Å². The van der Waals surface area contributed by atoms with Gasteiger partial charge in [-0.15, -0.1) is 0 Å². The van der Waals surface area contributed by atoms with Crippen LogP contribution in [0.2, 0.25) is 0 Å². The highest BCUT2D eigenvalue weighted by Gasteiger charge is 2.65. The number of guanidine groups is 1. The van der Waals surface area contributed by atoms with Gasteiger partial charge in [0.1, 0.15) is 17.5 Å². The molecule has 40 heavy (non-hydrogen) atoms. The van der Waals surface area contributed by atoms with E-state index in [9.17, 15) is 38.0 Å². The highest BCUT2D eigenvalue weighted by Crippen LogP contribution is 2.41. The number of nitrogens with one attached hydrogen (secondary N) is 4. The van der Waals surface area contributed by atoms with Crippen molar-refractivity contribution in [2.24, 2.45) is 23.1 Å². The molecule has 0 aromatic carbocycles. The van der Waals surface area contributed by atoms with E-state index in [1.54, 1.807) is 13.8 Å². The van der Waals surface area contributed by atoms with E-state index in [2.05, 4.69) is 16.0 Å². The molecular weight excluding hydrogens is 533 g/mol. The van der Waals surface area contributed by atoms with Gasteiger partial charge in [0.25, 0.3) is 5.92 Å². The summed E-state index contributed by atoms with van der Waals surface area (Å²) in [5.41, 5.74) is 14.0. The first-order valence-electron chi connectivity index (χ1n) is 13.2. The third-order valence-corrected chi connectivity index (χ3v) is 6.70. The Hall–Kier alpha value is -2.89. The van der Waals surface area contributed by atoms with Gasteiger partial charge in [0.2, 0.25) is 17.7 Å². The minimum Gasteiger partial charge on any atom is -0.425 e. The lowest BCUT2D eigenvalue weighted by atomic mass is 9.60. The van der Waals surface area contributed by atoms with E-state index in [0.717, 1.165) is 6.92 Å². The van der Waals surface area contributed by atoms with Crippen LogP contribution in [0.5, 0.6) is 0 Å². The summed E-state index contributed by atoms with van der Waals surface area (Å²) < 4.78 is 29.0. The molecule has 1 fully saturated rings. The van der Waals surface area contributed by atoms with E-state index in [-0.39, 0.29) is 44.1 Å². The van der Waals surface area contributed by atoms with Crippen molar-refractivity contribution in [3.8, 4) is 0 Å². The van der Waals surface area contributed by atoms with Crippen LogP contribution in [0.4, 0.5) is 8.78 Å². The third-order valence-electron chi connectivity index (χ3n) is 6.70. The molecule has 0 aliphatic carbocycles. The van der Waals surface area contributed by atoms with Crippen molar-refractivity contribution in [3.05, 3.63) is 0 Å². The number of halogens is 2. The topological polar surface area (TPSA) is 250 Å². The van der Waals surface area contributed by atoms with Crippen LogP contribution < -0.4 is 33.2 Å². The Bertz CT molecular complexity index is 928. The van der Waals surface area contributed by atoms with Gasteiger partial charge in [-0.2, -0.15) is 0 Å². The van der Waals surface area contributed by atoms with Gasteiger partial charge >= 0.3 is 7.12 Å². The van der Waals surface area contributed by atoms with Crippen LogP contribution in [0, 0.1) is 11.3 Å². The summed E-state index contributed by atoms with van der Waals surface area (Å²) in [7, 11) is -2.61. The molecule has 0 radical (unpaired) electrons. The summed E-state index contributed by atoms with van der Waals surface area (Å²) in [4.78, 5) is 52.4. The molecule has 14 nitrogen and oxygen atoms in total. The number of nitrogens with zero attached hydrogens (tertiary/aromatic N) is 1. The molecule has 0 bridgehead atoms. The molecule has 1 unspecified atom stereocenters. The van der Waals surface area contributed by atoms with Crippen molar-refractivity contribution >= 4 is 36.6 Å². The maximum atomic E-state index is 14.5. The molecule has 17 heteroatoms. The number of hydrogen-bond acceptors (Lipinski definition) is 9. The van der Waals surface area contributed by atoms with Crippen LogP contribution in [0.15, 0.2) is 0 Å². The van der Waals surface area contributed by atoms with E-state index in [0.29, 0.717) is 17.9 Å². The summed E-state index contributed by atoms with van der Waals surface area (Å²) in [6, 6.07) is -3.57. The Labute approximate surface area is 232 Å². The van der Waals surface area contributed by atoms with Crippen molar-refractivity contribution in [1.29, 1.82) is 5.41 Å². The highest BCUT2D eigenvalue weighted by molar-refractivity contribution is 6.53. The minimum absolute atomic E-state index is 0.0857. The van der Waals surface area contributed by atoms with Gasteiger partial charge in [-0.3, -0.25) is 24.6 Å². The normalized spacial score (nSPS) is 20.4. The lowest BCUT2D eigenvalue weighted by molar-refractivity contribution is -0.144. The first-order chi connectivity index (χ1) is 18.5. The van der Waals surface area contributed by atoms with Gasteiger partial charge in [0.15, 0.2) is 11.7 Å². The summed E-state index contributed by atoms with van der Waals surface area (Å²) in [6.45, 7) is 3.60. The summed E-state index contributed by atoms with van der Waals surface area (Å²) in [5.74, 6) is -7.65. The van der Waals surface area contributed by atoms with Gasteiger partial charge in [0, 0.05) is 13.0 Å². The maximum Gasteiger partial charge on any atom is 0.487 e. The average Bonchev–Trinajstić information content (AvgIpc) is 3.15. The van der Waals surface area contributed by atoms with Gasteiger partial charge in [-0.1, -0.05) is 13.8 Å². The summed E-state index contributed by atoms with van der Waals surface area (Å²) >= 11 is 0. The Morgan fingerprint density at radius 3 is 2.17 bits per heavy atom. The molecule has 3 amide bonds. The molecular formula is C23H43BF2N8O6. The second-order valence-electron chi connectivity index (χ2n) is 10.6. The zero-order valence-corrected chi connectivity index (χ0v) is 23.2. The van der Waals surface area contributed by atoms with E-state index in [1.165, 1.54) is 0 Å². The molecule has 0 aromatic heterocycles. The number of amides is 3. The number of rotatable bonds is 16. The number of likely N-dealkylation sites (tertiary alicyclic amines) is 1. The number of hydrogen-bond donors (Lipinski definition) is 9. The van der Waals surface area contributed by atoms with Crippen LogP contribution in [0.1, 0.15) is 59.3 Å². The summed E-state index contributed by atoms with van der Waals surface area (Å²) in [6.07, 6.45) is -0.417. The number of ketones is 1. The largest absolute Gasteiger partial charge is 0.487 e. The summed E-state index contributed by atoms with van der Waals surface area (Å²) in [5, 5.41) is 34.8. The van der Waals surface area contributed by atoms with Gasteiger partial charge in [-0.05, 0) is 51.5 Å². The number of alkyl halides is 2. The Morgan fingerprint density at radius 1 is 1.07 bits per heavy atom. The van der Waals surface area contributed by atoms with Crippen molar-refractivity contribution in [2.45, 2.75) is 88.8 Å². The zero-order chi connectivity index (χ0) is 30.8. The molecule has 228 valence electrons. The Balaban J connectivity index is 3.30. The molecule has 0 spiro atoms. The first kappa shape index (κ1) is 35.1. The van der Waals surface area contributed by atoms with Crippen molar-refractivity contribution in [2.75, 3.05) is 19.6 Å². The van der Waals surface area contributed by atoms with E-state index in [1.807, 2.05) is 0 Å². The van der Waals surface area contributed by atoms with Crippen molar-refractivity contribution < 1.29 is 38.0 Å².